The molecule has 2 aliphatic rings. The number of nitrogens with one attached hydrogen (secondary N) is 1. The molecule has 3 rings (SSSR count). The molecule has 1 saturated carbocycles. The molecular weight excluding hydrogens is 254 g/mol. The Kier molecular flexibility index (Phi) is 4.03. The molecule has 3 atom stereocenters. The summed E-state index contributed by atoms with van der Waals surface area (Å²) in [6.45, 7) is 1.54. The zero-order valence-electron chi connectivity index (χ0n) is 11.5. The molecule has 1 amide bonds. The first-order valence-electron chi connectivity index (χ1n) is 7.40. The fourth-order valence-corrected chi connectivity index (χ4v) is 3.09. The van der Waals surface area contributed by atoms with Gasteiger partial charge in [0.25, 0.3) is 5.91 Å². The van der Waals surface area contributed by atoms with E-state index in [4.69, 9.17) is 4.74 Å². The average molecular weight is 275 g/mol. The summed E-state index contributed by atoms with van der Waals surface area (Å²) < 4.78 is 5.40. The molecule has 1 saturated heterocycles. The van der Waals surface area contributed by atoms with Crippen LogP contribution in [0.25, 0.3) is 0 Å². The summed E-state index contributed by atoms with van der Waals surface area (Å²) in [5, 5.41) is 12.7. The molecule has 1 aromatic carbocycles. The number of benzene rings is 1. The van der Waals surface area contributed by atoms with E-state index < -0.39 is 6.10 Å². The van der Waals surface area contributed by atoms with Crippen molar-refractivity contribution in [2.75, 3.05) is 13.2 Å². The van der Waals surface area contributed by atoms with E-state index in [2.05, 4.69) is 11.4 Å². The van der Waals surface area contributed by atoms with E-state index in [1.54, 1.807) is 0 Å². The molecule has 1 unspecified atom stereocenters. The van der Waals surface area contributed by atoms with Crippen LogP contribution in [0.2, 0.25) is 0 Å². The first-order valence-corrected chi connectivity index (χ1v) is 7.40. The summed E-state index contributed by atoms with van der Waals surface area (Å²) >= 11 is 0. The van der Waals surface area contributed by atoms with Gasteiger partial charge in [0.1, 0.15) is 0 Å². The molecule has 1 aliphatic carbocycles. The molecule has 20 heavy (non-hydrogen) atoms. The van der Waals surface area contributed by atoms with Gasteiger partial charge in [0.15, 0.2) is 0 Å². The van der Waals surface area contributed by atoms with E-state index in [9.17, 15) is 9.90 Å². The van der Waals surface area contributed by atoms with Crippen LogP contribution in [0.15, 0.2) is 24.3 Å². The summed E-state index contributed by atoms with van der Waals surface area (Å²) in [7, 11) is 0. The molecule has 2 N–H and O–H groups in total. The molecule has 4 heteroatoms. The quantitative estimate of drug-likeness (QED) is 0.885. The van der Waals surface area contributed by atoms with Crippen LogP contribution < -0.4 is 5.32 Å². The van der Waals surface area contributed by atoms with E-state index in [1.807, 2.05) is 18.2 Å². The molecular formula is C16H21NO3. The van der Waals surface area contributed by atoms with Crippen LogP contribution in [-0.4, -0.2) is 36.4 Å². The Hall–Kier alpha value is -1.39. The van der Waals surface area contributed by atoms with Crippen molar-refractivity contribution in [1.29, 1.82) is 0 Å². The average Bonchev–Trinajstić information content (AvgIpc) is 3.12. The molecule has 0 bridgehead atoms. The van der Waals surface area contributed by atoms with Crippen molar-refractivity contribution in [3.63, 3.8) is 0 Å². The van der Waals surface area contributed by atoms with Crippen molar-refractivity contribution in [1.82, 2.24) is 5.32 Å². The topological polar surface area (TPSA) is 58.6 Å². The van der Waals surface area contributed by atoms with E-state index in [0.29, 0.717) is 11.5 Å². The van der Waals surface area contributed by atoms with Crippen LogP contribution in [-0.2, 0) is 4.74 Å². The third-order valence-electron chi connectivity index (χ3n) is 4.35. The fraction of sp³-hybridized carbons (Fsp3) is 0.562. The van der Waals surface area contributed by atoms with Gasteiger partial charge in [-0.2, -0.15) is 0 Å². The zero-order valence-corrected chi connectivity index (χ0v) is 11.5. The van der Waals surface area contributed by atoms with Gasteiger partial charge in [0, 0.05) is 18.1 Å². The maximum absolute atomic E-state index is 12.3. The number of hydrogen-bond donors (Lipinski definition) is 2. The van der Waals surface area contributed by atoms with Gasteiger partial charge in [-0.15, -0.1) is 0 Å². The number of hydrogen-bond acceptors (Lipinski definition) is 3. The van der Waals surface area contributed by atoms with Crippen LogP contribution >= 0.6 is 0 Å². The van der Waals surface area contributed by atoms with Gasteiger partial charge in [-0.1, -0.05) is 12.1 Å². The number of amides is 1. The predicted molar refractivity (Wildman–Crippen MR) is 75.7 cm³/mol. The monoisotopic (exact) mass is 275 g/mol. The second-order valence-electron chi connectivity index (χ2n) is 5.76. The van der Waals surface area contributed by atoms with Crippen molar-refractivity contribution in [2.45, 2.75) is 43.7 Å². The lowest BCUT2D eigenvalue weighted by atomic mass is 9.96. The Morgan fingerprint density at radius 2 is 2.20 bits per heavy atom. The van der Waals surface area contributed by atoms with Crippen LogP contribution in [0.5, 0.6) is 0 Å². The lowest BCUT2D eigenvalue weighted by molar-refractivity contribution is 0.0873. The van der Waals surface area contributed by atoms with Crippen LogP contribution in [0.1, 0.15) is 47.5 Å². The first kappa shape index (κ1) is 13.6. The summed E-state index contributed by atoms with van der Waals surface area (Å²) in [4.78, 5) is 12.3. The van der Waals surface area contributed by atoms with Gasteiger partial charge in [-0.25, -0.2) is 0 Å². The first-order chi connectivity index (χ1) is 9.74. The second kappa shape index (κ2) is 5.94. The van der Waals surface area contributed by atoms with E-state index in [0.717, 1.165) is 38.9 Å². The van der Waals surface area contributed by atoms with Crippen molar-refractivity contribution < 1.29 is 14.6 Å². The highest BCUT2D eigenvalue weighted by molar-refractivity contribution is 5.94. The molecule has 0 aromatic heterocycles. The summed E-state index contributed by atoms with van der Waals surface area (Å²) in [6, 6.07) is 7.67. The Bertz CT molecular complexity index is 482. The van der Waals surface area contributed by atoms with Crippen molar-refractivity contribution in [2.24, 2.45) is 0 Å². The van der Waals surface area contributed by atoms with Gasteiger partial charge in [-0.3, -0.25) is 4.79 Å². The van der Waals surface area contributed by atoms with E-state index in [-0.39, 0.29) is 11.9 Å². The zero-order chi connectivity index (χ0) is 13.9. The number of ether oxygens (including phenoxy) is 1. The fourth-order valence-electron chi connectivity index (χ4n) is 3.09. The number of carbonyl (C=O) groups excluding carboxylic acids is 1. The smallest absolute Gasteiger partial charge is 0.251 e. The summed E-state index contributed by atoms with van der Waals surface area (Å²) in [5.41, 5.74) is 1.84. The van der Waals surface area contributed by atoms with Gasteiger partial charge in [0.05, 0.1) is 18.8 Å². The molecule has 2 fully saturated rings. The molecule has 108 valence electrons. The van der Waals surface area contributed by atoms with Gasteiger partial charge in [-0.05, 0) is 43.4 Å². The molecule has 1 heterocycles. The Morgan fingerprint density at radius 3 is 2.90 bits per heavy atom. The summed E-state index contributed by atoms with van der Waals surface area (Å²) in [6.07, 6.45) is 3.25. The van der Waals surface area contributed by atoms with Crippen LogP contribution in [0.4, 0.5) is 0 Å². The highest BCUT2D eigenvalue weighted by Crippen LogP contribution is 2.26. The third-order valence-corrected chi connectivity index (χ3v) is 4.35. The summed E-state index contributed by atoms with van der Waals surface area (Å²) in [5.74, 6) is 0.316. The van der Waals surface area contributed by atoms with Gasteiger partial charge in [0.2, 0.25) is 0 Å². The maximum atomic E-state index is 12.3. The molecule has 4 nitrogen and oxygen atoms in total. The predicted octanol–water partition coefficient (Wildman–Crippen LogP) is 1.83. The molecule has 1 aliphatic heterocycles. The van der Waals surface area contributed by atoms with Crippen molar-refractivity contribution in [3.8, 4) is 0 Å². The normalized spacial score (nSPS) is 29.6. The Labute approximate surface area is 119 Å². The van der Waals surface area contributed by atoms with Crippen LogP contribution in [0.3, 0.4) is 0 Å². The van der Waals surface area contributed by atoms with E-state index in [1.165, 1.54) is 5.56 Å². The third kappa shape index (κ3) is 2.86. The van der Waals surface area contributed by atoms with Gasteiger partial charge >= 0.3 is 0 Å². The minimum Gasteiger partial charge on any atom is -0.391 e. The largest absolute Gasteiger partial charge is 0.391 e. The number of carbonyl (C=O) groups is 1. The molecule has 0 radical (unpaired) electrons. The van der Waals surface area contributed by atoms with E-state index >= 15 is 0 Å². The van der Waals surface area contributed by atoms with Crippen molar-refractivity contribution in [3.05, 3.63) is 35.4 Å². The number of aliphatic hydroxyl groups excluding tert-OH is 1. The Balaban J connectivity index is 1.69. The second-order valence-corrected chi connectivity index (χ2v) is 5.76. The van der Waals surface area contributed by atoms with Crippen molar-refractivity contribution >= 4 is 5.91 Å². The highest BCUT2D eigenvalue weighted by Gasteiger charge is 2.27. The van der Waals surface area contributed by atoms with Gasteiger partial charge < -0.3 is 15.2 Å². The number of rotatable bonds is 3. The Morgan fingerprint density at radius 1 is 1.30 bits per heavy atom. The standard InChI is InChI=1S/C16H21NO3/c18-15-6-2-5-14(15)17-16(19)12-4-1-3-11(9-12)13-7-8-20-10-13/h1,3-4,9,13-15,18H,2,5-8,10H2,(H,17,19)/t13?,14-,15-/m1/s1. The highest BCUT2D eigenvalue weighted by atomic mass is 16.5. The minimum absolute atomic E-state index is 0.0864. The number of aliphatic hydroxyl groups is 1. The SMILES string of the molecule is O=C(N[C@@H]1CCC[C@H]1O)c1cccc(C2CCOC2)c1. The molecule has 0 spiro atoms. The maximum Gasteiger partial charge on any atom is 0.251 e. The minimum atomic E-state index is -0.398. The lowest BCUT2D eigenvalue weighted by Crippen LogP contribution is -2.39. The lowest BCUT2D eigenvalue weighted by Gasteiger charge is -2.17. The van der Waals surface area contributed by atoms with Crippen LogP contribution in [0, 0.1) is 0 Å². The molecule has 1 aromatic rings.